The number of unbranched alkanes of at least 4 members (excludes halogenated alkanes) is 10. The van der Waals surface area contributed by atoms with Crippen molar-refractivity contribution in [1.82, 2.24) is 0 Å². The monoisotopic (exact) mass is 643 g/mol. The molecule has 0 aromatic rings. The van der Waals surface area contributed by atoms with Gasteiger partial charge in [-0.15, -0.1) is 0 Å². The lowest BCUT2D eigenvalue weighted by atomic mass is 9.89. The van der Waals surface area contributed by atoms with Gasteiger partial charge < -0.3 is 5.11 Å². The van der Waals surface area contributed by atoms with Gasteiger partial charge in [-0.2, -0.15) is 0 Å². The van der Waals surface area contributed by atoms with Crippen molar-refractivity contribution >= 4 is 0 Å². The lowest BCUT2D eigenvalue weighted by Gasteiger charge is -2.17. The van der Waals surface area contributed by atoms with E-state index in [-0.39, 0.29) is 0 Å². The smallest absolute Gasteiger partial charge is 0.0436 e. The van der Waals surface area contributed by atoms with Gasteiger partial charge in [0.05, 0.1) is 0 Å². The second-order valence-corrected chi connectivity index (χ2v) is 19.8. The van der Waals surface area contributed by atoms with Gasteiger partial charge in [0.25, 0.3) is 0 Å². The van der Waals surface area contributed by atoms with Gasteiger partial charge in [0.15, 0.2) is 0 Å². The predicted molar refractivity (Wildman–Crippen MR) is 215 cm³/mol. The van der Waals surface area contributed by atoms with Gasteiger partial charge >= 0.3 is 0 Å². The predicted octanol–water partition coefficient (Wildman–Crippen LogP) is 16.6. The summed E-state index contributed by atoms with van der Waals surface area (Å²) in [5.74, 6) is 0. The third-order valence-electron chi connectivity index (χ3n) is 7.48. The lowest BCUT2D eigenvalue weighted by molar-refractivity contribution is 0.225. The summed E-state index contributed by atoms with van der Waals surface area (Å²) in [5, 5.41) is 8.40. The van der Waals surface area contributed by atoms with Crippen molar-refractivity contribution in [3.63, 3.8) is 0 Å². The van der Waals surface area contributed by atoms with E-state index in [1.165, 1.54) is 116 Å². The molecule has 0 amide bonds. The maximum Gasteiger partial charge on any atom is 0.0436 e. The zero-order valence-electron chi connectivity index (χ0n) is 36.1. The molecule has 0 bridgehead atoms. The van der Waals surface area contributed by atoms with Crippen LogP contribution in [0.4, 0.5) is 0 Å². The Bertz CT molecular complexity index is 524. The van der Waals surface area contributed by atoms with Crippen LogP contribution in [0, 0.1) is 27.1 Å². The van der Waals surface area contributed by atoms with Crippen molar-refractivity contribution in [1.29, 1.82) is 0 Å². The molecule has 0 spiro atoms. The van der Waals surface area contributed by atoms with Crippen LogP contribution in [0.15, 0.2) is 0 Å². The van der Waals surface area contributed by atoms with E-state index < -0.39 is 0 Å². The largest absolute Gasteiger partial charge is 0.396 e. The molecule has 0 aromatic carbocycles. The molecule has 0 radical (unpaired) electrons. The first-order valence-corrected chi connectivity index (χ1v) is 19.9. The van der Waals surface area contributed by atoms with Gasteiger partial charge in [0.2, 0.25) is 0 Å². The molecule has 0 aliphatic heterocycles. The van der Waals surface area contributed by atoms with Crippen LogP contribution < -0.4 is 0 Å². The second kappa shape index (κ2) is 32.5. The van der Waals surface area contributed by atoms with Crippen LogP contribution in [-0.4, -0.2) is 11.7 Å². The molecule has 0 fully saturated rings. The van der Waals surface area contributed by atoms with Crippen LogP contribution in [0.1, 0.15) is 254 Å². The van der Waals surface area contributed by atoms with E-state index in [2.05, 4.69) is 132 Å². The zero-order valence-corrected chi connectivity index (χ0v) is 36.1. The molecule has 0 saturated heterocycles. The van der Waals surface area contributed by atoms with Crippen molar-refractivity contribution in [2.45, 2.75) is 254 Å². The summed E-state index contributed by atoms with van der Waals surface area (Å²) < 4.78 is 0. The van der Waals surface area contributed by atoms with E-state index in [0.29, 0.717) is 33.7 Å². The minimum absolute atomic E-state index is 0.300. The fraction of sp³-hybridized carbons (Fsp3) is 1.00. The summed E-state index contributed by atoms with van der Waals surface area (Å²) in [6, 6.07) is 0. The minimum Gasteiger partial charge on any atom is -0.396 e. The normalized spacial score (nSPS) is 12.0. The highest BCUT2D eigenvalue weighted by molar-refractivity contribution is 4.62. The Morgan fingerprint density at radius 1 is 0.267 bits per heavy atom. The molecule has 0 heterocycles. The highest BCUT2D eigenvalue weighted by Gasteiger charge is 2.10. The summed E-state index contributed by atoms with van der Waals surface area (Å²) in [6.07, 6.45) is 25.9. The van der Waals surface area contributed by atoms with Crippen molar-refractivity contribution in [3.8, 4) is 0 Å². The topological polar surface area (TPSA) is 20.2 Å². The average molecular weight is 643 g/mol. The fourth-order valence-electron chi connectivity index (χ4n) is 4.29. The van der Waals surface area contributed by atoms with E-state index in [4.69, 9.17) is 5.11 Å². The number of hydrogen-bond acceptors (Lipinski definition) is 1. The van der Waals surface area contributed by atoms with Crippen LogP contribution >= 0.6 is 0 Å². The van der Waals surface area contributed by atoms with Gasteiger partial charge in [-0.25, -0.2) is 0 Å². The van der Waals surface area contributed by atoms with Crippen molar-refractivity contribution < 1.29 is 5.11 Å². The quantitative estimate of drug-likeness (QED) is 0.176. The van der Waals surface area contributed by atoms with Crippen LogP contribution in [0.25, 0.3) is 0 Å². The van der Waals surface area contributed by atoms with E-state index in [1.807, 2.05) is 0 Å². The van der Waals surface area contributed by atoms with Crippen LogP contribution in [0.3, 0.4) is 0 Å². The van der Waals surface area contributed by atoms with Gasteiger partial charge in [-0.3, -0.25) is 0 Å². The molecule has 45 heavy (non-hydrogen) atoms. The Kier molecular flexibility index (Phi) is 39.3. The van der Waals surface area contributed by atoms with E-state index >= 15 is 0 Å². The molecule has 0 aliphatic rings. The molecule has 0 aliphatic carbocycles. The Morgan fingerprint density at radius 3 is 0.667 bits per heavy atom. The van der Waals surface area contributed by atoms with Crippen LogP contribution in [-0.2, 0) is 0 Å². The standard InChI is InChI=1S/C11H24.C10H22.C9H20.C8H18.C6H14O/c1-5-6-7-8-9-10-11(2,3)4;1-5-6-7-8-9-10(2,3)4;1-5-6-7-8-9(2,3)4;1-5-6-7-8(2,3)4;1-6(2,3)4-5-7/h5-10H2,1-4H3;5-9H2,1-4H3;5-8H2,1-4H3;5-7H2,1-4H3;7H,4-5H2,1-3H3. The second-order valence-electron chi connectivity index (χ2n) is 19.8. The lowest BCUT2D eigenvalue weighted by Crippen LogP contribution is -2.06. The molecule has 1 heteroatoms. The minimum atomic E-state index is 0.300. The summed E-state index contributed by atoms with van der Waals surface area (Å²) in [6.45, 7) is 43.4. The SMILES string of the molecule is CC(C)(C)CCO.CCCCC(C)(C)C.CCCCCC(C)(C)C.CCCCCCC(C)(C)C.CCCCCCCC(C)(C)C. The summed E-state index contributed by atoms with van der Waals surface area (Å²) in [4.78, 5) is 0. The Hall–Kier alpha value is -0.0400. The Labute approximate surface area is 291 Å². The molecular weight excluding hydrogens is 544 g/mol. The molecule has 0 atom stereocenters. The number of hydrogen-bond donors (Lipinski definition) is 1. The Balaban J connectivity index is -0.000000149. The van der Waals surface area contributed by atoms with Gasteiger partial charge in [-0.1, -0.05) is 221 Å². The first kappa shape index (κ1) is 54.4. The molecule has 1 nitrogen and oxygen atoms in total. The maximum absolute atomic E-state index is 8.40. The van der Waals surface area contributed by atoms with Gasteiger partial charge in [0, 0.05) is 6.61 Å². The summed E-state index contributed by atoms with van der Waals surface area (Å²) >= 11 is 0. The van der Waals surface area contributed by atoms with Crippen molar-refractivity contribution in [2.75, 3.05) is 6.61 Å². The van der Waals surface area contributed by atoms with Gasteiger partial charge in [0.1, 0.15) is 0 Å². The van der Waals surface area contributed by atoms with Gasteiger partial charge in [-0.05, 0) is 59.2 Å². The third-order valence-corrected chi connectivity index (χ3v) is 7.48. The number of rotatable bonds is 15. The van der Waals surface area contributed by atoms with Crippen LogP contribution in [0.2, 0.25) is 0 Å². The molecule has 280 valence electrons. The number of aliphatic hydroxyl groups excluding tert-OH is 1. The van der Waals surface area contributed by atoms with Crippen LogP contribution in [0.5, 0.6) is 0 Å². The molecule has 0 unspecified atom stereocenters. The summed E-state index contributed by atoms with van der Waals surface area (Å²) in [5.41, 5.74) is 2.50. The maximum atomic E-state index is 8.40. The zero-order chi connectivity index (χ0) is 36.6. The molecular formula is C44H98O. The fourth-order valence-corrected chi connectivity index (χ4v) is 4.29. The first-order valence-electron chi connectivity index (χ1n) is 19.9. The highest BCUT2D eigenvalue weighted by atomic mass is 16.3. The highest BCUT2D eigenvalue weighted by Crippen LogP contribution is 2.24. The molecule has 0 rings (SSSR count). The molecule has 0 aromatic heterocycles. The van der Waals surface area contributed by atoms with Crippen molar-refractivity contribution in [3.05, 3.63) is 0 Å². The van der Waals surface area contributed by atoms with E-state index in [1.54, 1.807) is 0 Å². The first-order chi connectivity index (χ1) is 20.3. The summed E-state index contributed by atoms with van der Waals surface area (Å²) in [7, 11) is 0. The van der Waals surface area contributed by atoms with E-state index in [0.717, 1.165) is 6.42 Å². The Morgan fingerprint density at radius 2 is 0.467 bits per heavy atom. The third kappa shape index (κ3) is 86.2. The average Bonchev–Trinajstić information content (AvgIpc) is 2.84. The van der Waals surface area contributed by atoms with Crippen molar-refractivity contribution in [2.24, 2.45) is 27.1 Å². The molecule has 1 N–H and O–H groups in total. The molecule has 0 saturated carbocycles. The number of aliphatic hydroxyl groups is 1. The van der Waals surface area contributed by atoms with E-state index in [9.17, 15) is 0 Å².